The first kappa shape index (κ1) is 13.2. The zero-order valence-electron chi connectivity index (χ0n) is 12.2. The van der Waals surface area contributed by atoms with Crippen LogP contribution in [-0.2, 0) is 4.74 Å². The first-order valence-electron chi connectivity index (χ1n) is 7.47. The standard InChI is InChI=1S/C17H18N4O/c18-16-9-13-11-19-20-17(13)10-15(16)12-1-3-14(4-2-12)21-5-7-22-8-6-21/h1-4,9-11H,5-8,18H2,(H,19,20). The van der Waals surface area contributed by atoms with Crippen LogP contribution in [0, 0.1) is 0 Å². The molecule has 1 aromatic heterocycles. The highest BCUT2D eigenvalue weighted by molar-refractivity contribution is 5.91. The van der Waals surface area contributed by atoms with Crippen molar-refractivity contribution in [3.63, 3.8) is 0 Å². The van der Waals surface area contributed by atoms with Gasteiger partial charge in [-0.2, -0.15) is 5.10 Å². The fraction of sp³-hybridized carbons (Fsp3) is 0.235. The third kappa shape index (κ3) is 2.29. The number of nitrogens with two attached hydrogens (primary N) is 1. The minimum atomic E-state index is 0.771. The molecule has 0 atom stereocenters. The number of nitrogens with one attached hydrogen (secondary N) is 1. The van der Waals surface area contributed by atoms with Crippen molar-refractivity contribution >= 4 is 22.3 Å². The molecule has 1 aliphatic rings. The molecule has 0 bridgehead atoms. The smallest absolute Gasteiger partial charge is 0.0658 e. The lowest BCUT2D eigenvalue weighted by atomic mass is 10.0. The first-order chi connectivity index (χ1) is 10.8. The van der Waals surface area contributed by atoms with Crippen LogP contribution in [0.4, 0.5) is 11.4 Å². The molecule has 0 amide bonds. The number of rotatable bonds is 2. The van der Waals surface area contributed by atoms with Crippen LogP contribution in [0.25, 0.3) is 22.0 Å². The Kier molecular flexibility index (Phi) is 3.20. The monoisotopic (exact) mass is 294 g/mol. The van der Waals surface area contributed by atoms with Crippen molar-refractivity contribution in [2.45, 2.75) is 0 Å². The molecule has 2 heterocycles. The number of nitrogen functional groups attached to an aromatic ring is 1. The summed E-state index contributed by atoms with van der Waals surface area (Å²) in [7, 11) is 0. The van der Waals surface area contributed by atoms with Gasteiger partial charge in [0.1, 0.15) is 0 Å². The number of morpholine rings is 1. The predicted molar refractivity (Wildman–Crippen MR) is 89.0 cm³/mol. The van der Waals surface area contributed by atoms with Gasteiger partial charge in [-0.05, 0) is 29.8 Å². The molecular formula is C17H18N4O. The third-order valence-electron chi connectivity index (χ3n) is 4.16. The fourth-order valence-electron chi connectivity index (χ4n) is 2.93. The number of hydrogen-bond donors (Lipinski definition) is 2. The molecule has 2 aromatic carbocycles. The Morgan fingerprint density at radius 3 is 2.64 bits per heavy atom. The van der Waals surface area contributed by atoms with E-state index in [1.54, 1.807) is 6.20 Å². The first-order valence-corrected chi connectivity index (χ1v) is 7.47. The molecule has 0 saturated carbocycles. The normalized spacial score (nSPS) is 15.4. The Morgan fingerprint density at radius 1 is 1.09 bits per heavy atom. The number of aromatic amines is 1. The number of hydrogen-bond acceptors (Lipinski definition) is 4. The molecule has 0 unspecified atom stereocenters. The Labute approximate surface area is 128 Å². The van der Waals surface area contributed by atoms with E-state index in [2.05, 4.69) is 45.4 Å². The van der Waals surface area contributed by atoms with Crippen LogP contribution in [0.2, 0.25) is 0 Å². The van der Waals surface area contributed by atoms with E-state index in [0.29, 0.717) is 0 Å². The maximum absolute atomic E-state index is 6.19. The van der Waals surface area contributed by atoms with Crippen molar-refractivity contribution in [3.05, 3.63) is 42.6 Å². The van der Waals surface area contributed by atoms with Crippen LogP contribution >= 0.6 is 0 Å². The van der Waals surface area contributed by atoms with E-state index >= 15 is 0 Å². The SMILES string of the molecule is Nc1cc2cn[nH]c2cc1-c1ccc(N2CCOCC2)cc1. The van der Waals surface area contributed by atoms with Gasteiger partial charge in [0, 0.05) is 35.4 Å². The average Bonchev–Trinajstić information content (AvgIpc) is 3.02. The van der Waals surface area contributed by atoms with Crippen LogP contribution < -0.4 is 10.6 Å². The quantitative estimate of drug-likeness (QED) is 0.713. The molecule has 3 N–H and O–H groups in total. The van der Waals surface area contributed by atoms with Crippen molar-refractivity contribution in [1.82, 2.24) is 10.2 Å². The van der Waals surface area contributed by atoms with Gasteiger partial charge in [0.15, 0.2) is 0 Å². The summed E-state index contributed by atoms with van der Waals surface area (Å²) in [5.41, 5.74) is 11.3. The van der Waals surface area contributed by atoms with Crippen LogP contribution in [0.5, 0.6) is 0 Å². The van der Waals surface area contributed by atoms with Gasteiger partial charge in [-0.1, -0.05) is 12.1 Å². The van der Waals surface area contributed by atoms with E-state index in [0.717, 1.165) is 54.0 Å². The van der Waals surface area contributed by atoms with Crippen molar-refractivity contribution < 1.29 is 4.74 Å². The van der Waals surface area contributed by atoms with Crippen LogP contribution in [-0.4, -0.2) is 36.5 Å². The summed E-state index contributed by atoms with van der Waals surface area (Å²) in [6.45, 7) is 3.49. The van der Waals surface area contributed by atoms with Crippen LogP contribution in [0.1, 0.15) is 0 Å². The maximum atomic E-state index is 6.19. The number of nitrogens with zero attached hydrogens (tertiary/aromatic N) is 2. The predicted octanol–water partition coefficient (Wildman–Crippen LogP) is 2.65. The van der Waals surface area contributed by atoms with Gasteiger partial charge in [-0.25, -0.2) is 0 Å². The average molecular weight is 294 g/mol. The molecule has 112 valence electrons. The molecule has 5 heteroatoms. The Balaban J connectivity index is 1.67. The largest absolute Gasteiger partial charge is 0.398 e. The number of fused-ring (bicyclic) bond motifs is 1. The maximum Gasteiger partial charge on any atom is 0.0658 e. The summed E-state index contributed by atoms with van der Waals surface area (Å²) in [6, 6.07) is 12.6. The number of benzene rings is 2. The van der Waals surface area contributed by atoms with Gasteiger partial charge in [0.25, 0.3) is 0 Å². The molecule has 0 radical (unpaired) electrons. The summed E-state index contributed by atoms with van der Waals surface area (Å²) < 4.78 is 5.40. The van der Waals surface area contributed by atoms with E-state index < -0.39 is 0 Å². The molecule has 22 heavy (non-hydrogen) atoms. The van der Waals surface area contributed by atoms with E-state index in [1.807, 2.05) is 6.07 Å². The molecule has 1 fully saturated rings. The summed E-state index contributed by atoms with van der Waals surface area (Å²) >= 11 is 0. The van der Waals surface area contributed by atoms with Crippen molar-refractivity contribution in [3.8, 4) is 11.1 Å². The van der Waals surface area contributed by atoms with Gasteiger partial charge in [0.2, 0.25) is 0 Å². The Hall–Kier alpha value is -2.53. The third-order valence-corrected chi connectivity index (χ3v) is 4.16. The topological polar surface area (TPSA) is 67.2 Å². The zero-order valence-corrected chi connectivity index (χ0v) is 12.2. The van der Waals surface area contributed by atoms with Gasteiger partial charge in [-0.3, -0.25) is 5.10 Å². The summed E-state index contributed by atoms with van der Waals surface area (Å²) in [5, 5.41) is 8.08. The summed E-state index contributed by atoms with van der Waals surface area (Å²) in [5.74, 6) is 0. The lowest BCUT2D eigenvalue weighted by Crippen LogP contribution is -2.36. The van der Waals surface area contributed by atoms with E-state index in [4.69, 9.17) is 10.5 Å². The van der Waals surface area contributed by atoms with E-state index in [1.165, 1.54) is 5.69 Å². The second-order valence-electron chi connectivity index (χ2n) is 5.54. The summed E-state index contributed by atoms with van der Waals surface area (Å²) in [4.78, 5) is 2.34. The van der Waals surface area contributed by atoms with Crippen molar-refractivity contribution in [1.29, 1.82) is 0 Å². The molecule has 4 rings (SSSR count). The second-order valence-corrected chi connectivity index (χ2v) is 5.54. The minimum Gasteiger partial charge on any atom is -0.398 e. The molecule has 1 aliphatic heterocycles. The van der Waals surface area contributed by atoms with E-state index in [9.17, 15) is 0 Å². The van der Waals surface area contributed by atoms with Gasteiger partial charge < -0.3 is 15.4 Å². The number of aromatic nitrogens is 2. The molecule has 0 aliphatic carbocycles. The molecular weight excluding hydrogens is 276 g/mol. The number of ether oxygens (including phenoxy) is 1. The highest BCUT2D eigenvalue weighted by Gasteiger charge is 2.12. The van der Waals surface area contributed by atoms with E-state index in [-0.39, 0.29) is 0 Å². The second kappa shape index (κ2) is 5.35. The Morgan fingerprint density at radius 2 is 1.86 bits per heavy atom. The Bertz CT molecular complexity index is 788. The lowest BCUT2D eigenvalue weighted by Gasteiger charge is -2.29. The molecule has 0 spiro atoms. The van der Waals surface area contributed by atoms with Gasteiger partial charge in [-0.15, -0.1) is 0 Å². The highest BCUT2D eigenvalue weighted by Crippen LogP contribution is 2.31. The molecule has 1 saturated heterocycles. The summed E-state index contributed by atoms with van der Waals surface area (Å²) in [6.07, 6.45) is 1.79. The van der Waals surface area contributed by atoms with Crippen molar-refractivity contribution in [2.75, 3.05) is 36.9 Å². The number of H-pyrrole nitrogens is 1. The lowest BCUT2D eigenvalue weighted by molar-refractivity contribution is 0.122. The minimum absolute atomic E-state index is 0.771. The molecule has 3 aromatic rings. The van der Waals surface area contributed by atoms with Crippen LogP contribution in [0.15, 0.2) is 42.6 Å². The number of anilines is 2. The highest BCUT2D eigenvalue weighted by atomic mass is 16.5. The van der Waals surface area contributed by atoms with Gasteiger partial charge >= 0.3 is 0 Å². The fourth-order valence-corrected chi connectivity index (χ4v) is 2.93. The zero-order chi connectivity index (χ0) is 14.9. The van der Waals surface area contributed by atoms with Crippen LogP contribution in [0.3, 0.4) is 0 Å². The van der Waals surface area contributed by atoms with Crippen molar-refractivity contribution in [2.24, 2.45) is 0 Å². The van der Waals surface area contributed by atoms with Gasteiger partial charge in [0.05, 0.1) is 24.9 Å². The molecule has 5 nitrogen and oxygen atoms in total.